The van der Waals surface area contributed by atoms with Crippen LogP contribution in [0, 0.1) is 41.5 Å². The summed E-state index contributed by atoms with van der Waals surface area (Å²) in [7, 11) is 5.07. The van der Waals surface area contributed by atoms with E-state index < -0.39 is 35.8 Å². The van der Waals surface area contributed by atoms with Crippen molar-refractivity contribution in [1.82, 2.24) is 20.3 Å². The van der Waals surface area contributed by atoms with Crippen LogP contribution in [-0.2, 0) is 18.9 Å². The number of carbonyl (C=O) groups excluding carboxylic acids is 4. The van der Waals surface area contributed by atoms with Crippen LogP contribution in [0.4, 0.5) is 0 Å². The summed E-state index contributed by atoms with van der Waals surface area (Å²) < 4.78 is 52.6. The number of rotatable bonds is 11. The fraction of sp³-hybridized carbons (Fsp3) is 0.169. The number of hydrogen-bond acceptors (Lipinski definition) is 22. The molecule has 105 heavy (non-hydrogen) atoms. The maximum absolute atomic E-state index is 11.6. The molecule has 0 unspecified atom stereocenters. The number of carbonyl (C=O) groups is 6. The van der Waals surface area contributed by atoms with Crippen LogP contribution in [-0.4, -0.2) is 114 Å². The second-order valence-corrected chi connectivity index (χ2v) is 29.2. The summed E-state index contributed by atoms with van der Waals surface area (Å²) in [6, 6.07) is 34.8. The number of carboxylic acids is 2. The molecule has 12 rings (SSSR count). The number of aromatic nitrogens is 4. The van der Waals surface area contributed by atoms with Crippen LogP contribution in [0.2, 0.25) is 20.1 Å². The van der Waals surface area contributed by atoms with Crippen molar-refractivity contribution in [3.63, 3.8) is 0 Å². The molecular weight excluding hydrogens is 1640 g/mol. The van der Waals surface area contributed by atoms with Gasteiger partial charge in [-0.05, 0) is 166 Å². The molecule has 0 saturated heterocycles. The van der Waals surface area contributed by atoms with Gasteiger partial charge < -0.3 is 67.9 Å². The molecule has 0 amide bonds. The number of hydrogen-bond donors (Lipinski definition) is 4. The SMILES string of the molecule is BrB(Br)Br.COC(=O)c1ccc(-c2nc(-c3cc4c(C)ccc(C)c4o3)no2)c(Cl)c1.COC(=O)c1ccc(C(=O)O)c(Cl)c1.COC(=O)c1ccc(C(=O)OC)c(Cl)c1.Cc1ccc(C)c2oc(-c3noc(-c4ccc(C(=O)O)cc4Cl)n3)cc12.Cc1ccc(C)c2oc(/C(N)=N\O)cc12.[2H]CC.[Li+].[OH-]. The first-order valence-corrected chi connectivity index (χ1v) is 34.0. The Labute approximate surface area is 658 Å². The van der Waals surface area contributed by atoms with Gasteiger partial charge in [-0.25, -0.2) is 28.8 Å². The number of amidine groups is 1. The summed E-state index contributed by atoms with van der Waals surface area (Å²) in [4.78, 5) is 75.2. The summed E-state index contributed by atoms with van der Waals surface area (Å²) in [5.41, 5.74) is 16.3. The average molecular weight is 1700 g/mol. The van der Waals surface area contributed by atoms with Gasteiger partial charge in [-0.2, -0.15) is 9.97 Å². The molecular formula is C71H63BBr3Cl4LiN6O19. The zero-order valence-corrected chi connectivity index (χ0v) is 65.6. The molecule has 12 aromatic rings. The third-order valence-electron chi connectivity index (χ3n) is 14.4. The van der Waals surface area contributed by atoms with Crippen molar-refractivity contribution in [3.05, 3.63) is 220 Å². The number of nitrogens with zero attached hydrogens (tertiary/aromatic N) is 5. The third-order valence-corrected chi connectivity index (χ3v) is 15.7. The number of oxime groups is 1. The van der Waals surface area contributed by atoms with Gasteiger partial charge in [0, 0.05) is 17.5 Å². The molecule has 544 valence electrons. The second kappa shape index (κ2) is 40.9. The number of benzene rings is 7. The van der Waals surface area contributed by atoms with Gasteiger partial charge in [-0.3, -0.25) is 0 Å². The number of aryl methyl sites for hydroxylation is 6. The van der Waals surface area contributed by atoms with Crippen LogP contribution in [0.5, 0.6) is 0 Å². The molecule has 0 saturated carbocycles. The number of aromatic carboxylic acids is 2. The van der Waals surface area contributed by atoms with Gasteiger partial charge in [0.2, 0.25) is 17.5 Å². The Morgan fingerprint density at radius 3 is 1.13 bits per heavy atom. The van der Waals surface area contributed by atoms with Crippen LogP contribution in [0.15, 0.2) is 155 Å². The molecule has 6 N–H and O–H groups in total. The van der Waals surface area contributed by atoms with Gasteiger partial charge in [-0.15, -0.1) is 47.3 Å². The molecule has 0 spiro atoms. The van der Waals surface area contributed by atoms with Crippen molar-refractivity contribution in [2.24, 2.45) is 10.9 Å². The largest absolute Gasteiger partial charge is 1.00 e. The van der Waals surface area contributed by atoms with E-state index in [0.717, 1.165) is 66.3 Å². The average Bonchev–Trinajstić information content (AvgIpc) is 1.65. The molecule has 5 aromatic heterocycles. The zero-order chi connectivity index (χ0) is 77.0. The first-order valence-electron chi connectivity index (χ1n) is 30.4. The van der Waals surface area contributed by atoms with Crippen molar-refractivity contribution in [2.75, 3.05) is 28.4 Å². The Hall–Kier alpha value is -9.25. The van der Waals surface area contributed by atoms with E-state index in [2.05, 4.69) is 91.7 Å². The summed E-state index contributed by atoms with van der Waals surface area (Å²) in [6.45, 7) is 14.2. The number of carboxylic acid groups (broad SMARTS) is 2. The van der Waals surface area contributed by atoms with E-state index in [4.69, 9.17) is 91.2 Å². The minimum absolute atomic E-state index is 0. The summed E-state index contributed by atoms with van der Waals surface area (Å²) in [5.74, 6) is -1.82. The molecule has 0 bridgehead atoms. The van der Waals surface area contributed by atoms with Crippen molar-refractivity contribution >= 4 is 171 Å². The first kappa shape index (κ1) is 86.4. The number of nitrogens with two attached hydrogens (primary N) is 1. The predicted molar refractivity (Wildman–Crippen MR) is 405 cm³/mol. The van der Waals surface area contributed by atoms with Crippen molar-refractivity contribution in [2.45, 2.75) is 55.4 Å². The monoisotopic (exact) mass is 1700 g/mol. The summed E-state index contributed by atoms with van der Waals surface area (Å²) >= 11 is 33.2. The number of fused-ring (bicyclic) bond motifs is 3. The number of furan rings is 3. The van der Waals surface area contributed by atoms with Crippen LogP contribution >= 0.6 is 93.7 Å². The number of halogens is 7. The van der Waals surface area contributed by atoms with Gasteiger partial charge in [0.15, 0.2) is 17.3 Å². The standard InChI is InChI=1S/C20H15ClN2O4.C19H13ClN2O4.C11H12N2O2.C10H9ClO4.C9H7ClO4.C2H6.BBr3.Li.H2O/c1-10-4-5-11(2)17-14(10)9-16(26-17)18-22-19(27-23-18)13-7-6-12(8-15(13)21)20(24)25-3;1-9-3-4-10(2)16-13(9)8-15(25-16)17-21-18(26-22-17)12-6-5-11(19(23)24)7-14(12)20;1-6-3-4-7(2)10-8(6)5-9(15-10)11(12)13-14;1-14-9(12)6-3-4-7(8(11)5-6)10(13)15-2;1-14-9(13)5-2-3-6(8(11)12)7(10)4-5;1-2;2-1(3)4;;/h4-9H,1-3H3;3-8H,1-2H3,(H,23,24);3-5,14H,1-2H3,(H2,12,13);3-5H,1-2H3;2-4H,1H3,(H,11,12);1-2H3;;;1H2/q;;;;;;;+1;/p-1/i;;;;;1D;;;. The molecule has 5 heterocycles. The summed E-state index contributed by atoms with van der Waals surface area (Å²) in [5, 5.41) is 40.8. The molecule has 0 radical (unpaired) electrons. The predicted octanol–water partition coefficient (Wildman–Crippen LogP) is 16.2. The normalized spacial score (nSPS) is 10.5. The van der Waals surface area contributed by atoms with Gasteiger partial charge >= 0.3 is 57.9 Å². The maximum atomic E-state index is 11.6. The van der Waals surface area contributed by atoms with E-state index in [1.165, 1.54) is 89.1 Å². The number of esters is 4. The molecule has 0 aliphatic carbocycles. The van der Waals surface area contributed by atoms with Crippen molar-refractivity contribution in [1.29, 1.82) is 0 Å². The van der Waals surface area contributed by atoms with Gasteiger partial charge in [0.25, 0.3) is 11.8 Å². The third kappa shape index (κ3) is 22.6. The minimum Gasteiger partial charge on any atom is -0.870 e. The van der Waals surface area contributed by atoms with Gasteiger partial charge in [0.1, 0.15) is 16.7 Å². The van der Waals surface area contributed by atoms with E-state index in [0.29, 0.717) is 57.5 Å². The Balaban J connectivity index is 0.000000280. The Bertz CT molecular complexity index is 5050. The molecule has 0 fully saturated rings. The van der Waals surface area contributed by atoms with Crippen LogP contribution < -0.4 is 24.6 Å². The Morgan fingerprint density at radius 1 is 0.486 bits per heavy atom. The Morgan fingerprint density at radius 2 is 0.810 bits per heavy atom. The van der Waals surface area contributed by atoms with Crippen molar-refractivity contribution < 1.29 is 111 Å². The quantitative estimate of drug-likeness (QED) is 0.0178. The van der Waals surface area contributed by atoms with Gasteiger partial charge in [0.05, 0.1) is 93.0 Å². The summed E-state index contributed by atoms with van der Waals surface area (Å²) in [6.07, 6.45) is 0. The molecule has 7 aromatic carbocycles. The second-order valence-electron chi connectivity index (χ2n) is 21.1. The maximum Gasteiger partial charge on any atom is 1.00 e. The Kier molecular flexibility index (Phi) is 33.6. The molecule has 0 aliphatic rings. The van der Waals surface area contributed by atoms with Crippen LogP contribution in [0.25, 0.3) is 79.0 Å². The first-order chi connectivity index (χ1) is 49.3. The molecule has 34 heteroatoms. The van der Waals surface area contributed by atoms with E-state index >= 15 is 0 Å². The van der Waals surface area contributed by atoms with Crippen molar-refractivity contribution in [3.8, 4) is 46.1 Å². The number of methoxy groups -OCH3 is 4. The van der Waals surface area contributed by atoms with E-state index in [1.54, 1.807) is 25.1 Å². The fourth-order valence-corrected chi connectivity index (χ4v) is 10.2. The minimum atomic E-state index is -1.13. The molecule has 0 atom stereocenters. The molecule has 25 nitrogen and oxygen atoms in total. The van der Waals surface area contributed by atoms with Crippen LogP contribution in [0.3, 0.4) is 0 Å². The van der Waals surface area contributed by atoms with E-state index in [9.17, 15) is 28.8 Å². The smallest absolute Gasteiger partial charge is 0.870 e. The van der Waals surface area contributed by atoms with Crippen LogP contribution in [0.1, 0.15) is 116 Å². The fourth-order valence-electron chi connectivity index (χ4n) is 9.16. The van der Waals surface area contributed by atoms with Gasteiger partial charge in [-0.1, -0.05) is 112 Å². The van der Waals surface area contributed by atoms with E-state index in [-0.39, 0.29) is 88.0 Å². The number of ether oxygens (including phenoxy) is 4. The molecule has 0 aliphatic heterocycles. The van der Waals surface area contributed by atoms with E-state index in [1.807, 2.05) is 90.1 Å². The zero-order valence-electron chi connectivity index (χ0n) is 58.8. The topological polar surface area (TPSA) is 386 Å².